The molecule has 1 saturated heterocycles. The molecule has 0 bridgehead atoms. The highest BCUT2D eigenvalue weighted by Gasteiger charge is 2.31. The summed E-state index contributed by atoms with van der Waals surface area (Å²) in [5, 5.41) is 0.821. The van der Waals surface area contributed by atoms with Crippen molar-refractivity contribution in [3.05, 3.63) is 34.3 Å². The molecule has 18 heavy (non-hydrogen) atoms. The van der Waals surface area contributed by atoms with Crippen LogP contribution in [0.5, 0.6) is 0 Å². The maximum atomic E-state index is 6.27. The molecule has 3 N–H and O–H groups in total. The van der Waals surface area contributed by atoms with Gasteiger partial charge in [-0.3, -0.25) is 11.3 Å². The van der Waals surface area contributed by atoms with Crippen LogP contribution in [0.25, 0.3) is 0 Å². The number of nitrogens with one attached hydrogen (secondary N) is 1. The second-order valence-corrected chi connectivity index (χ2v) is 5.51. The molecular formula is C14H21ClN2O. The molecule has 0 spiro atoms. The van der Waals surface area contributed by atoms with Crippen LogP contribution in [0, 0.1) is 12.8 Å². The average molecular weight is 269 g/mol. The predicted octanol–water partition coefficient (Wildman–Crippen LogP) is 2.45. The zero-order valence-corrected chi connectivity index (χ0v) is 11.7. The Hall–Kier alpha value is -0.610. The number of rotatable bonds is 4. The highest BCUT2D eigenvalue weighted by molar-refractivity contribution is 6.31. The Morgan fingerprint density at radius 3 is 2.89 bits per heavy atom. The summed E-state index contributed by atoms with van der Waals surface area (Å²) in [7, 11) is 0. The fraction of sp³-hybridized carbons (Fsp3) is 0.571. The van der Waals surface area contributed by atoms with Gasteiger partial charge in [-0.15, -0.1) is 0 Å². The van der Waals surface area contributed by atoms with Crippen LogP contribution in [-0.4, -0.2) is 18.8 Å². The van der Waals surface area contributed by atoms with Crippen LogP contribution in [0.2, 0.25) is 5.02 Å². The quantitative estimate of drug-likeness (QED) is 0.651. The molecule has 0 amide bonds. The molecule has 1 aromatic rings. The summed E-state index contributed by atoms with van der Waals surface area (Å²) < 4.78 is 5.61. The van der Waals surface area contributed by atoms with E-state index in [2.05, 4.69) is 24.5 Å². The molecule has 4 heteroatoms. The lowest BCUT2D eigenvalue weighted by Gasteiger charge is -2.25. The van der Waals surface area contributed by atoms with E-state index in [0.29, 0.717) is 5.92 Å². The zero-order valence-electron chi connectivity index (χ0n) is 10.9. The molecule has 3 atom stereocenters. The number of aryl methyl sites for hydroxylation is 1. The van der Waals surface area contributed by atoms with Gasteiger partial charge in [-0.2, -0.15) is 0 Å². The van der Waals surface area contributed by atoms with E-state index in [9.17, 15) is 0 Å². The van der Waals surface area contributed by atoms with Gasteiger partial charge in [0.1, 0.15) is 0 Å². The normalized spacial score (nSPS) is 25.3. The van der Waals surface area contributed by atoms with Crippen molar-refractivity contribution in [3.8, 4) is 0 Å². The number of nitrogens with two attached hydrogens (primary N) is 1. The Morgan fingerprint density at radius 1 is 1.56 bits per heavy atom. The molecule has 1 aromatic carbocycles. The SMILES string of the molecule is Cc1ccc(CC(NN)C2CCOC2C)c(Cl)c1. The van der Waals surface area contributed by atoms with E-state index in [0.717, 1.165) is 30.0 Å². The Labute approximate surface area is 114 Å². The number of hydrazine groups is 1. The van der Waals surface area contributed by atoms with Gasteiger partial charge in [0.05, 0.1) is 6.10 Å². The molecule has 3 unspecified atom stereocenters. The fourth-order valence-electron chi connectivity index (χ4n) is 2.67. The average Bonchev–Trinajstić information content (AvgIpc) is 2.75. The Bertz CT molecular complexity index is 411. The Kier molecular flexibility index (Phi) is 4.62. The standard InChI is InChI=1S/C14H21ClN2O/c1-9-3-4-11(13(15)7-9)8-14(17-16)12-5-6-18-10(12)2/h3-4,7,10,12,14,17H,5-6,8,16H2,1-2H3. The summed E-state index contributed by atoms with van der Waals surface area (Å²) in [5.41, 5.74) is 5.25. The minimum atomic E-state index is 0.211. The van der Waals surface area contributed by atoms with Crippen molar-refractivity contribution in [1.82, 2.24) is 5.43 Å². The second kappa shape index (κ2) is 6.02. The van der Waals surface area contributed by atoms with Gasteiger partial charge >= 0.3 is 0 Å². The van der Waals surface area contributed by atoms with Crippen molar-refractivity contribution in [2.45, 2.75) is 38.8 Å². The van der Waals surface area contributed by atoms with Gasteiger partial charge in [0, 0.05) is 23.6 Å². The smallest absolute Gasteiger partial charge is 0.0591 e. The van der Waals surface area contributed by atoms with Crippen LogP contribution in [0.1, 0.15) is 24.5 Å². The Balaban J connectivity index is 2.10. The zero-order chi connectivity index (χ0) is 13.1. The van der Waals surface area contributed by atoms with E-state index >= 15 is 0 Å². The molecule has 100 valence electrons. The largest absolute Gasteiger partial charge is 0.378 e. The van der Waals surface area contributed by atoms with Crippen LogP contribution in [0.15, 0.2) is 18.2 Å². The summed E-state index contributed by atoms with van der Waals surface area (Å²) in [6.45, 7) is 4.98. The van der Waals surface area contributed by atoms with Crippen molar-refractivity contribution < 1.29 is 4.74 Å². The first-order valence-electron chi connectivity index (χ1n) is 6.44. The minimum Gasteiger partial charge on any atom is -0.378 e. The molecule has 1 heterocycles. The number of hydrogen-bond donors (Lipinski definition) is 2. The number of ether oxygens (including phenoxy) is 1. The maximum absolute atomic E-state index is 6.27. The molecule has 2 rings (SSSR count). The lowest BCUT2D eigenvalue weighted by molar-refractivity contribution is 0.0954. The van der Waals surface area contributed by atoms with E-state index < -0.39 is 0 Å². The number of halogens is 1. The summed E-state index contributed by atoms with van der Waals surface area (Å²) in [6.07, 6.45) is 2.16. The van der Waals surface area contributed by atoms with Gasteiger partial charge < -0.3 is 4.74 Å². The number of hydrogen-bond acceptors (Lipinski definition) is 3. The van der Waals surface area contributed by atoms with E-state index in [1.165, 1.54) is 5.56 Å². The molecular weight excluding hydrogens is 248 g/mol. The predicted molar refractivity (Wildman–Crippen MR) is 74.5 cm³/mol. The topological polar surface area (TPSA) is 47.3 Å². The van der Waals surface area contributed by atoms with Crippen molar-refractivity contribution >= 4 is 11.6 Å². The van der Waals surface area contributed by atoms with E-state index in [4.69, 9.17) is 22.2 Å². The first-order chi connectivity index (χ1) is 8.61. The summed E-state index contributed by atoms with van der Waals surface area (Å²) in [4.78, 5) is 0. The van der Waals surface area contributed by atoms with Gasteiger partial charge in [0.2, 0.25) is 0 Å². The van der Waals surface area contributed by atoms with Gasteiger partial charge in [0.15, 0.2) is 0 Å². The van der Waals surface area contributed by atoms with Crippen molar-refractivity contribution in [2.24, 2.45) is 11.8 Å². The molecule has 0 aromatic heterocycles. The highest BCUT2D eigenvalue weighted by atomic mass is 35.5. The monoisotopic (exact) mass is 268 g/mol. The lowest BCUT2D eigenvalue weighted by atomic mass is 9.89. The summed E-state index contributed by atoms with van der Waals surface area (Å²) in [5.74, 6) is 6.15. The van der Waals surface area contributed by atoms with Crippen LogP contribution in [-0.2, 0) is 11.2 Å². The van der Waals surface area contributed by atoms with Gasteiger partial charge in [-0.05, 0) is 43.9 Å². The van der Waals surface area contributed by atoms with Gasteiger partial charge in [-0.25, -0.2) is 0 Å². The van der Waals surface area contributed by atoms with Gasteiger partial charge in [0.25, 0.3) is 0 Å². The lowest BCUT2D eigenvalue weighted by Crippen LogP contribution is -2.44. The third-order valence-corrected chi connectivity index (χ3v) is 4.17. The van der Waals surface area contributed by atoms with Crippen LogP contribution in [0.3, 0.4) is 0 Å². The summed E-state index contributed by atoms with van der Waals surface area (Å²) in [6, 6.07) is 6.38. The first kappa shape index (κ1) is 13.8. The van der Waals surface area contributed by atoms with Crippen LogP contribution in [0.4, 0.5) is 0 Å². The van der Waals surface area contributed by atoms with E-state index in [-0.39, 0.29) is 12.1 Å². The molecule has 1 aliphatic rings. The minimum absolute atomic E-state index is 0.211. The Morgan fingerprint density at radius 2 is 2.33 bits per heavy atom. The van der Waals surface area contributed by atoms with E-state index in [1.54, 1.807) is 0 Å². The van der Waals surface area contributed by atoms with Crippen molar-refractivity contribution in [2.75, 3.05) is 6.61 Å². The third kappa shape index (κ3) is 3.04. The van der Waals surface area contributed by atoms with Crippen molar-refractivity contribution in [1.29, 1.82) is 0 Å². The number of benzene rings is 1. The molecule has 0 saturated carbocycles. The summed E-state index contributed by atoms with van der Waals surface area (Å²) >= 11 is 6.27. The molecule has 1 fully saturated rings. The van der Waals surface area contributed by atoms with Crippen LogP contribution < -0.4 is 11.3 Å². The van der Waals surface area contributed by atoms with Gasteiger partial charge in [-0.1, -0.05) is 23.7 Å². The maximum Gasteiger partial charge on any atom is 0.0591 e. The van der Waals surface area contributed by atoms with Crippen LogP contribution >= 0.6 is 11.6 Å². The molecule has 0 radical (unpaired) electrons. The van der Waals surface area contributed by atoms with Crippen molar-refractivity contribution in [3.63, 3.8) is 0 Å². The highest BCUT2D eigenvalue weighted by Crippen LogP contribution is 2.27. The second-order valence-electron chi connectivity index (χ2n) is 5.10. The first-order valence-corrected chi connectivity index (χ1v) is 6.82. The fourth-order valence-corrected chi connectivity index (χ4v) is 2.98. The van der Waals surface area contributed by atoms with E-state index in [1.807, 2.05) is 13.0 Å². The molecule has 3 nitrogen and oxygen atoms in total. The molecule has 0 aliphatic carbocycles. The third-order valence-electron chi connectivity index (χ3n) is 3.81. The molecule has 1 aliphatic heterocycles.